The standard InChI is InChI=1S/C18H17NO4S/c1-3-14-9-11-16(12-10-14)24(22,23)19(2)17(18(20)21)13-15-7-5-4-6-8-15/h1,4-12,17H,13H2,2H3,(H,20,21)/t17-/m0/s1. The molecule has 0 radical (unpaired) electrons. The Labute approximate surface area is 141 Å². The summed E-state index contributed by atoms with van der Waals surface area (Å²) in [7, 11) is -2.67. The molecule has 2 aromatic rings. The van der Waals surface area contributed by atoms with Crippen LogP contribution in [0.25, 0.3) is 0 Å². The first kappa shape index (κ1) is 17.7. The summed E-state index contributed by atoms with van der Waals surface area (Å²) in [5, 5.41) is 9.46. The van der Waals surface area contributed by atoms with Crippen molar-refractivity contribution >= 4 is 16.0 Å². The quantitative estimate of drug-likeness (QED) is 0.814. The van der Waals surface area contributed by atoms with Gasteiger partial charge < -0.3 is 5.11 Å². The Bertz CT molecular complexity index is 852. The molecule has 24 heavy (non-hydrogen) atoms. The average Bonchev–Trinajstić information content (AvgIpc) is 2.59. The van der Waals surface area contributed by atoms with E-state index in [9.17, 15) is 18.3 Å². The molecule has 0 amide bonds. The van der Waals surface area contributed by atoms with Crippen LogP contribution in [0.4, 0.5) is 0 Å². The fourth-order valence-corrected chi connectivity index (χ4v) is 3.58. The van der Waals surface area contributed by atoms with Crippen molar-refractivity contribution in [2.45, 2.75) is 17.4 Å². The van der Waals surface area contributed by atoms with E-state index < -0.39 is 22.0 Å². The van der Waals surface area contributed by atoms with Crippen LogP contribution in [-0.2, 0) is 21.2 Å². The van der Waals surface area contributed by atoms with Crippen LogP contribution in [0.15, 0.2) is 59.5 Å². The minimum atomic E-state index is -3.94. The van der Waals surface area contributed by atoms with Gasteiger partial charge in [0.1, 0.15) is 6.04 Å². The largest absolute Gasteiger partial charge is 0.480 e. The molecule has 0 unspecified atom stereocenters. The highest BCUT2D eigenvalue weighted by Gasteiger charge is 2.32. The molecule has 1 N–H and O–H groups in total. The zero-order chi connectivity index (χ0) is 17.7. The fourth-order valence-electron chi connectivity index (χ4n) is 2.27. The van der Waals surface area contributed by atoms with Gasteiger partial charge in [-0.1, -0.05) is 36.3 Å². The van der Waals surface area contributed by atoms with Gasteiger partial charge in [-0.05, 0) is 36.2 Å². The lowest BCUT2D eigenvalue weighted by molar-refractivity contribution is -0.141. The van der Waals surface area contributed by atoms with Gasteiger partial charge in [0.25, 0.3) is 0 Å². The number of hydrogen-bond donors (Lipinski definition) is 1. The van der Waals surface area contributed by atoms with Crippen LogP contribution in [-0.4, -0.2) is 36.9 Å². The van der Waals surface area contributed by atoms with Crippen molar-refractivity contribution in [3.05, 3.63) is 65.7 Å². The summed E-state index contributed by atoms with van der Waals surface area (Å²) in [5.74, 6) is 1.20. The average molecular weight is 343 g/mol. The van der Waals surface area contributed by atoms with Crippen molar-refractivity contribution < 1.29 is 18.3 Å². The predicted molar refractivity (Wildman–Crippen MR) is 90.9 cm³/mol. The Balaban J connectivity index is 2.32. The zero-order valence-corrected chi connectivity index (χ0v) is 13.9. The first-order valence-corrected chi connectivity index (χ1v) is 8.61. The summed E-state index contributed by atoms with van der Waals surface area (Å²) in [6.07, 6.45) is 5.33. The van der Waals surface area contributed by atoms with Crippen molar-refractivity contribution in [2.24, 2.45) is 0 Å². The molecule has 1 atom stereocenters. The molecule has 0 heterocycles. The molecule has 2 rings (SSSR count). The lowest BCUT2D eigenvalue weighted by Gasteiger charge is -2.24. The van der Waals surface area contributed by atoms with Crippen molar-refractivity contribution in [2.75, 3.05) is 7.05 Å². The van der Waals surface area contributed by atoms with Gasteiger partial charge in [0, 0.05) is 12.6 Å². The van der Waals surface area contributed by atoms with Crippen LogP contribution in [0.5, 0.6) is 0 Å². The number of carboxylic acids is 1. The molecule has 2 aromatic carbocycles. The summed E-state index contributed by atoms with van der Waals surface area (Å²) in [4.78, 5) is 11.6. The third-order valence-electron chi connectivity index (χ3n) is 3.69. The number of aliphatic carboxylic acids is 1. The molecule has 0 saturated carbocycles. The van der Waals surface area contributed by atoms with Crippen LogP contribution < -0.4 is 0 Å². The monoisotopic (exact) mass is 343 g/mol. The Morgan fingerprint density at radius 2 is 1.75 bits per heavy atom. The van der Waals surface area contributed by atoms with Crippen LogP contribution in [0.3, 0.4) is 0 Å². The highest BCUT2D eigenvalue weighted by molar-refractivity contribution is 7.89. The molecular formula is C18H17NO4S. The molecule has 0 spiro atoms. The Kier molecular flexibility index (Phi) is 5.39. The summed E-state index contributed by atoms with van der Waals surface area (Å²) in [5.41, 5.74) is 1.30. The Morgan fingerprint density at radius 1 is 1.17 bits per heavy atom. The Hall–Kier alpha value is -2.62. The van der Waals surface area contributed by atoms with E-state index >= 15 is 0 Å². The van der Waals surface area contributed by atoms with E-state index in [1.165, 1.54) is 31.3 Å². The summed E-state index contributed by atoms with van der Waals surface area (Å²) >= 11 is 0. The minimum Gasteiger partial charge on any atom is -0.480 e. The van der Waals surface area contributed by atoms with Crippen molar-refractivity contribution in [1.29, 1.82) is 0 Å². The van der Waals surface area contributed by atoms with E-state index in [4.69, 9.17) is 6.42 Å². The summed E-state index contributed by atoms with van der Waals surface area (Å²) < 4.78 is 26.2. The molecule has 0 aliphatic carbocycles. The van der Waals surface area contributed by atoms with E-state index in [1.807, 2.05) is 6.07 Å². The third-order valence-corrected chi connectivity index (χ3v) is 5.57. The predicted octanol–water partition coefficient (Wildman–Crippen LogP) is 1.98. The molecule has 124 valence electrons. The lowest BCUT2D eigenvalue weighted by Crippen LogP contribution is -2.43. The maximum atomic E-state index is 12.7. The van der Waals surface area contributed by atoms with Gasteiger partial charge >= 0.3 is 5.97 Å². The zero-order valence-electron chi connectivity index (χ0n) is 13.1. The second-order valence-electron chi connectivity index (χ2n) is 5.23. The molecule has 5 nitrogen and oxygen atoms in total. The first-order valence-electron chi connectivity index (χ1n) is 7.17. The van der Waals surface area contributed by atoms with E-state index in [1.54, 1.807) is 24.3 Å². The summed E-state index contributed by atoms with van der Waals surface area (Å²) in [6.45, 7) is 0. The minimum absolute atomic E-state index is 0.00307. The SMILES string of the molecule is C#Cc1ccc(S(=O)(=O)N(C)[C@@H](Cc2ccccc2)C(=O)O)cc1. The molecule has 0 fully saturated rings. The number of benzene rings is 2. The van der Waals surface area contributed by atoms with Crippen LogP contribution in [0.1, 0.15) is 11.1 Å². The van der Waals surface area contributed by atoms with E-state index in [-0.39, 0.29) is 11.3 Å². The van der Waals surface area contributed by atoms with Crippen molar-refractivity contribution in [3.8, 4) is 12.3 Å². The molecule has 0 aromatic heterocycles. The third kappa shape index (κ3) is 3.82. The van der Waals surface area contributed by atoms with E-state index in [2.05, 4.69) is 5.92 Å². The normalized spacial score (nSPS) is 12.5. The topological polar surface area (TPSA) is 74.7 Å². The highest BCUT2D eigenvalue weighted by atomic mass is 32.2. The number of rotatable bonds is 6. The molecule has 0 bridgehead atoms. The molecule has 6 heteroatoms. The maximum absolute atomic E-state index is 12.7. The first-order chi connectivity index (χ1) is 11.4. The van der Waals surface area contributed by atoms with E-state index in [0.717, 1.165) is 9.87 Å². The summed E-state index contributed by atoms with van der Waals surface area (Å²) in [6, 6.07) is 13.5. The maximum Gasteiger partial charge on any atom is 0.322 e. The lowest BCUT2D eigenvalue weighted by atomic mass is 10.1. The molecular weight excluding hydrogens is 326 g/mol. The van der Waals surface area contributed by atoms with Crippen molar-refractivity contribution in [1.82, 2.24) is 4.31 Å². The van der Waals surface area contributed by atoms with Gasteiger partial charge in [-0.3, -0.25) is 4.79 Å². The van der Waals surface area contributed by atoms with Gasteiger partial charge in [-0.2, -0.15) is 4.31 Å². The fraction of sp³-hybridized carbons (Fsp3) is 0.167. The second-order valence-corrected chi connectivity index (χ2v) is 7.23. The molecule has 0 saturated heterocycles. The number of carbonyl (C=O) groups is 1. The van der Waals surface area contributed by atoms with Crippen LogP contribution >= 0.6 is 0 Å². The van der Waals surface area contributed by atoms with Gasteiger partial charge in [0.15, 0.2) is 0 Å². The number of sulfonamides is 1. The smallest absolute Gasteiger partial charge is 0.322 e. The van der Waals surface area contributed by atoms with Gasteiger partial charge in [0.2, 0.25) is 10.0 Å². The van der Waals surface area contributed by atoms with Crippen LogP contribution in [0, 0.1) is 12.3 Å². The Morgan fingerprint density at radius 3 is 2.25 bits per heavy atom. The molecule has 0 aliphatic heterocycles. The number of likely N-dealkylation sites (N-methyl/N-ethyl adjacent to an activating group) is 1. The number of carboxylic acid groups (broad SMARTS) is 1. The number of nitrogens with zero attached hydrogens (tertiary/aromatic N) is 1. The van der Waals surface area contributed by atoms with Crippen LogP contribution in [0.2, 0.25) is 0 Å². The van der Waals surface area contributed by atoms with Gasteiger partial charge in [-0.15, -0.1) is 6.42 Å². The number of terminal acetylenes is 1. The number of hydrogen-bond acceptors (Lipinski definition) is 3. The molecule has 0 aliphatic rings. The van der Waals surface area contributed by atoms with Gasteiger partial charge in [-0.25, -0.2) is 8.42 Å². The van der Waals surface area contributed by atoms with Crippen molar-refractivity contribution in [3.63, 3.8) is 0 Å². The highest BCUT2D eigenvalue weighted by Crippen LogP contribution is 2.19. The van der Waals surface area contributed by atoms with Gasteiger partial charge in [0.05, 0.1) is 4.90 Å². The second kappa shape index (κ2) is 7.30. The van der Waals surface area contributed by atoms with E-state index in [0.29, 0.717) is 5.56 Å².